The number of aromatic nitrogens is 2. The van der Waals surface area contributed by atoms with Gasteiger partial charge in [-0.05, 0) is 30.3 Å². The average molecular weight is 288 g/mol. The molecule has 0 saturated carbocycles. The molecule has 1 amide bonds. The van der Waals surface area contributed by atoms with E-state index in [1.807, 2.05) is 24.3 Å². The van der Waals surface area contributed by atoms with Crippen LogP contribution in [0.5, 0.6) is 5.75 Å². The molecule has 0 aliphatic carbocycles. The van der Waals surface area contributed by atoms with Crippen LogP contribution in [0, 0.1) is 0 Å². The summed E-state index contributed by atoms with van der Waals surface area (Å²) in [7, 11) is 0. The van der Waals surface area contributed by atoms with E-state index >= 15 is 0 Å². The average Bonchev–Trinajstić information content (AvgIpc) is 2.85. The Balaban J connectivity index is 1.94. The normalized spacial score (nSPS) is 10.7. The summed E-state index contributed by atoms with van der Waals surface area (Å²) >= 11 is 5.82. The Morgan fingerprint density at radius 2 is 2.05 bits per heavy atom. The van der Waals surface area contributed by atoms with E-state index in [0.717, 1.165) is 10.9 Å². The van der Waals surface area contributed by atoms with E-state index in [1.165, 1.54) is 18.2 Å². The fourth-order valence-corrected chi connectivity index (χ4v) is 2.10. The molecule has 6 heteroatoms. The number of phenols is 1. The summed E-state index contributed by atoms with van der Waals surface area (Å²) in [6.45, 7) is 0. The van der Waals surface area contributed by atoms with E-state index in [9.17, 15) is 9.90 Å². The predicted octanol–water partition coefficient (Wildman–Crippen LogP) is 3.17. The maximum Gasteiger partial charge on any atom is 0.260 e. The first-order valence-corrected chi connectivity index (χ1v) is 6.26. The lowest BCUT2D eigenvalue weighted by atomic mass is 10.2. The Kier molecular flexibility index (Phi) is 3.04. The van der Waals surface area contributed by atoms with Crippen molar-refractivity contribution in [3.8, 4) is 5.75 Å². The lowest BCUT2D eigenvalue weighted by molar-refractivity contribution is 0.102. The van der Waals surface area contributed by atoms with Gasteiger partial charge < -0.3 is 10.4 Å². The molecule has 2 aromatic carbocycles. The maximum absolute atomic E-state index is 12.1. The van der Waals surface area contributed by atoms with Gasteiger partial charge in [-0.15, -0.1) is 0 Å². The molecule has 0 aliphatic rings. The molecule has 100 valence electrons. The Labute approximate surface area is 119 Å². The number of amides is 1. The molecule has 20 heavy (non-hydrogen) atoms. The number of carbonyl (C=O) groups excluding carboxylic acids is 1. The number of H-pyrrole nitrogens is 1. The number of rotatable bonds is 2. The quantitative estimate of drug-likeness (QED) is 0.677. The first-order valence-electron chi connectivity index (χ1n) is 5.88. The van der Waals surface area contributed by atoms with Crippen LogP contribution in [0.15, 0.2) is 42.5 Å². The van der Waals surface area contributed by atoms with Gasteiger partial charge in [0.2, 0.25) is 0 Å². The van der Waals surface area contributed by atoms with Crippen molar-refractivity contribution < 1.29 is 9.90 Å². The number of phenolic OH excluding ortho intramolecular Hbond substituents is 1. The van der Waals surface area contributed by atoms with Gasteiger partial charge in [0.1, 0.15) is 5.75 Å². The molecule has 3 aromatic rings. The fraction of sp³-hybridized carbons (Fsp3) is 0. The summed E-state index contributed by atoms with van der Waals surface area (Å²) in [5, 5.41) is 20.4. The minimum atomic E-state index is -0.470. The molecule has 3 N–H and O–H groups in total. The lowest BCUT2D eigenvalue weighted by Gasteiger charge is -2.05. The van der Waals surface area contributed by atoms with E-state index in [2.05, 4.69) is 15.5 Å². The van der Waals surface area contributed by atoms with Gasteiger partial charge in [-0.2, -0.15) is 5.10 Å². The molecule has 0 bridgehead atoms. The van der Waals surface area contributed by atoms with Gasteiger partial charge in [0.05, 0.1) is 11.1 Å². The minimum absolute atomic E-state index is 0.101. The Bertz CT molecular complexity index is 798. The molecule has 0 spiro atoms. The molecule has 1 heterocycles. The lowest BCUT2D eigenvalue weighted by Crippen LogP contribution is -2.12. The van der Waals surface area contributed by atoms with Gasteiger partial charge >= 0.3 is 0 Å². The number of carbonyl (C=O) groups is 1. The topological polar surface area (TPSA) is 78.0 Å². The van der Waals surface area contributed by atoms with Crippen LogP contribution in [0.3, 0.4) is 0 Å². The van der Waals surface area contributed by atoms with Crippen molar-refractivity contribution in [2.45, 2.75) is 0 Å². The third-order valence-corrected chi connectivity index (χ3v) is 3.14. The third kappa shape index (κ3) is 2.19. The third-order valence-electron chi connectivity index (χ3n) is 2.91. The molecule has 0 fully saturated rings. The number of halogens is 1. The number of anilines is 1. The maximum atomic E-state index is 12.1. The zero-order valence-electron chi connectivity index (χ0n) is 10.2. The molecule has 0 unspecified atom stereocenters. The summed E-state index contributed by atoms with van der Waals surface area (Å²) in [4.78, 5) is 12.1. The van der Waals surface area contributed by atoms with Gasteiger partial charge in [0.25, 0.3) is 5.91 Å². The monoisotopic (exact) mass is 287 g/mol. The summed E-state index contributed by atoms with van der Waals surface area (Å²) in [5.74, 6) is -0.195. The molecule has 5 nitrogen and oxygen atoms in total. The predicted molar refractivity (Wildman–Crippen MR) is 77.2 cm³/mol. The highest BCUT2D eigenvalue weighted by atomic mass is 35.5. The minimum Gasteiger partial charge on any atom is -0.507 e. The smallest absolute Gasteiger partial charge is 0.260 e. The molecule has 0 saturated heterocycles. The van der Waals surface area contributed by atoms with E-state index in [1.54, 1.807) is 0 Å². The molecule has 3 rings (SSSR count). The van der Waals surface area contributed by atoms with Crippen molar-refractivity contribution >= 4 is 34.2 Å². The SMILES string of the molecule is O=C(Nc1n[nH]c2ccccc12)c1cc(Cl)ccc1O. The molecule has 0 radical (unpaired) electrons. The highest BCUT2D eigenvalue weighted by molar-refractivity contribution is 6.31. The van der Waals surface area contributed by atoms with Crippen molar-refractivity contribution in [3.63, 3.8) is 0 Å². The van der Waals surface area contributed by atoms with Gasteiger partial charge in [0.15, 0.2) is 5.82 Å². The highest BCUT2D eigenvalue weighted by Gasteiger charge is 2.14. The number of fused-ring (bicyclic) bond motifs is 1. The molecule has 0 atom stereocenters. The zero-order chi connectivity index (χ0) is 14.1. The largest absolute Gasteiger partial charge is 0.507 e. The first-order chi connectivity index (χ1) is 9.65. The summed E-state index contributed by atoms with van der Waals surface area (Å²) in [6.07, 6.45) is 0. The number of nitrogens with zero attached hydrogens (tertiary/aromatic N) is 1. The Morgan fingerprint density at radius 3 is 2.90 bits per heavy atom. The second-order valence-corrected chi connectivity index (χ2v) is 4.67. The van der Waals surface area contributed by atoms with Crippen LogP contribution in [0.25, 0.3) is 10.9 Å². The Hall–Kier alpha value is -2.53. The van der Waals surface area contributed by atoms with Crippen LogP contribution in [-0.2, 0) is 0 Å². The number of aromatic amines is 1. The molecular weight excluding hydrogens is 278 g/mol. The molecule has 1 aromatic heterocycles. The first kappa shape index (κ1) is 12.5. The second-order valence-electron chi connectivity index (χ2n) is 4.23. The van der Waals surface area contributed by atoms with Crippen LogP contribution < -0.4 is 5.32 Å². The highest BCUT2D eigenvalue weighted by Crippen LogP contribution is 2.24. The summed E-state index contributed by atoms with van der Waals surface area (Å²) in [6, 6.07) is 11.7. The standard InChI is InChI=1S/C14H10ClN3O2/c15-8-5-6-12(19)10(7-8)14(20)16-13-9-3-1-2-4-11(9)17-18-13/h1-7,19H,(H2,16,17,18,20). The van der Waals surface area contributed by atoms with Crippen molar-refractivity contribution in [2.24, 2.45) is 0 Å². The number of hydrogen-bond donors (Lipinski definition) is 3. The van der Waals surface area contributed by atoms with E-state index < -0.39 is 5.91 Å². The van der Waals surface area contributed by atoms with Crippen LogP contribution in [0.1, 0.15) is 10.4 Å². The number of benzene rings is 2. The second kappa shape index (κ2) is 4.86. The van der Waals surface area contributed by atoms with Crippen molar-refractivity contribution in [2.75, 3.05) is 5.32 Å². The summed E-state index contributed by atoms with van der Waals surface area (Å²) < 4.78 is 0. The van der Waals surface area contributed by atoms with Crippen LogP contribution in [0.2, 0.25) is 5.02 Å². The number of aromatic hydroxyl groups is 1. The summed E-state index contributed by atoms with van der Waals surface area (Å²) in [5.41, 5.74) is 0.919. The fourth-order valence-electron chi connectivity index (χ4n) is 1.92. The molecule has 0 aliphatic heterocycles. The van der Waals surface area contributed by atoms with Gasteiger partial charge in [-0.3, -0.25) is 9.89 Å². The van der Waals surface area contributed by atoms with Crippen LogP contribution in [-0.4, -0.2) is 21.2 Å². The number of hydrogen-bond acceptors (Lipinski definition) is 3. The number of para-hydroxylation sites is 1. The van der Waals surface area contributed by atoms with E-state index in [-0.39, 0.29) is 11.3 Å². The van der Waals surface area contributed by atoms with Gasteiger partial charge in [-0.1, -0.05) is 23.7 Å². The van der Waals surface area contributed by atoms with Crippen molar-refractivity contribution in [1.82, 2.24) is 10.2 Å². The van der Waals surface area contributed by atoms with Crippen LogP contribution in [0.4, 0.5) is 5.82 Å². The van der Waals surface area contributed by atoms with E-state index in [0.29, 0.717) is 10.8 Å². The van der Waals surface area contributed by atoms with E-state index in [4.69, 9.17) is 11.6 Å². The molecular formula is C14H10ClN3O2. The van der Waals surface area contributed by atoms with Gasteiger partial charge in [-0.25, -0.2) is 0 Å². The Morgan fingerprint density at radius 1 is 1.25 bits per heavy atom. The number of nitrogens with one attached hydrogen (secondary N) is 2. The van der Waals surface area contributed by atoms with Crippen molar-refractivity contribution in [1.29, 1.82) is 0 Å². The van der Waals surface area contributed by atoms with Gasteiger partial charge in [0, 0.05) is 10.4 Å². The van der Waals surface area contributed by atoms with Crippen molar-refractivity contribution in [3.05, 3.63) is 53.1 Å². The van der Waals surface area contributed by atoms with Crippen LogP contribution >= 0.6 is 11.6 Å². The zero-order valence-corrected chi connectivity index (χ0v) is 11.0.